The maximum absolute atomic E-state index is 12.4. The van der Waals surface area contributed by atoms with Gasteiger partial charge in [0.1, 0.15) is 0 Å². The van der Waals surface area contributed by atoms with Crippen LogP contribution in [0, 0.1) is 0 Å². The van der Waals surface area contributed by atoms with Crippen molar-refractivity contribution in [3.05, 3.63) is 71.3 Å². The minimum absolute atomic E-state index is 0.0331. The number of benzene rings is 2. The van der Waals surface area contributed by atoms with Gasteiger partial charge in [-0.05, 0) is 49.9 Å². The number of hydrogen-bond donors (Lipinski definition) is 1. The Hall–Kier alpha value is -2.13. The SMILES string of the molecule is C[C@H](NC(=O)CN(C)[C@@H]1CCCc2ccccc21)c1ccccc1. The first-order valence-corrected chi connectivity index (χ1v) is 8.77. The van der Waals surface area contributed by atoms with Gasteiger partial charge in [0.2, 0.25) is 5.91 Å². The molecule has 126 valence electrons. The van der Waals surface area contributed by atoms with Gasteiger partial charge in [0, 0.05) is 6.04 Å². The van der Waals surface area contributed by atoms with Gasteiger partial charge in [0.05, 0.1) is 12.6 Å². The number of hydrogen-bond acceptors (Lipinski definition) is 2. The fourth-order valence-electron chi connectivity index (χ4n) is 3.64. The number of rotatable bonds is 5. The van der Waals surface area contributed by atoms with Gasteiger partial charge in [-0.1, -0.05) is 54.6 Å². The van der Waals surface area contributed by atoms with Crippen molar-refractivity contribution in [2.24, 2.45) is 0 Å². The molecule has 1 amide bonds. The zero-order valence-electron chi connectivity index (χ0n) is 14.5. The molecule has 3 nitrogen and oxygen atoms in total. The summed E-state index contributed by atoms with van der Waals surface area (Å²) in [5, 5.41) is 3.11. The number of likely N-dealkylation sites (N-methyl/N-ethyl adjacent to an activating group) is 1. The van der Waals surface area contributed by atoms with Gasteiger partial charge in [-0.2, -0.15) is 0 Å². The van der Waals surface area contributed by atoms with Gasteiger partial charge in [-0.25, -0.2) is 0 Å². The molecule has 3 rings (SSSR count). The van der Waals surface area contributed by atoms with E-state index in [0.29, 0.717) is 12.6 Å². The Morgan fingerprint density at radius 1 is 1.17 bits per heavy atom. The van der Waals surface area contributed by atoms with Crippen molar-refractivity contribution >= 4 is 5.91 Å². The second-order valence-corrected chi connectivity index (χ2v) is 6.72. The van der Waals surface area contributed by atoms with Gasteiger partial charge < -0.3 is 5.32 Å². The molecule has 1 aliphatic rings. The third-order valence-electron chi connectivity index (χ3n) is 4.94. The topological polar surface area (TPSA) is 32.3 Å². The van der Waals surface area contributed by atoms with E-state index in [9.17, 15) is 4.79 Å². The van der Waals surface area contributed by atoms with Crippen LogP contribution in [-0.2, 0) is 11.2 Å². The van der Waals surface area contributed by atoms with Crippen molar-refractivity contribution in [2.45, 2.75) is 38.3 Å². The van der Waals surface area contributed by atoms with Crippen molar-refractivity contribution in [1.82, 2.24) is 10.2 Å². The van der Waals surface area contributed by atoms with Crippen LogP contribution < -0.4 is 5.32 Å². The average molecular weight is 322 g/mol. The van der Waals surface area contributed by atoms with E-state index in [0.717, 1.165) is 18.4 Å². The van der Waals surface area contributed by atoms with Crippen LogP contribution in [0.4, 0.5) is 0 Å². The standard InChI is InChI=1S/C21H26N2O/c1-16(17-9-4-3-5-10-17)22-21(24)15-23(2)20-14-8-12-18-11-6-7-13-19(18)20/h3-7,9-11,13,16,20H,8,12,14-15H2,1-2H3,(H,22,24)/t16-,20+/m0/s1. The van der Waals surface area contributed by atoms with E-state index in [4.69, 9.17) is 0 Å². The summed E-state index contributed by atoms with van der Waals surface area (Å²) in [6.07, 6.45) is 3.46. The lowest BCUT2D eigenvalue weighted by atomic mass is 9.87. The average Bonchev–Trinajstić information content (AvgIpc) is 2.61. The van der Waals surface area contributed by atoms with Crippen LogP contribution in [0.15, 0.2) is 54.6 Å². The maximum Gasteiger partial charge on any atom is 0.234 e. The fourth-order valence-corrected chi connectivity index (χ4v) is 3.64. The predicted octanol–water partition coefficient (Wildman–Crippen LogP) is 3.87. The number of aryl methyl sites for hydroxylation is 1. The molecule has 0 fully saturated rings. The molecule has 3 heteroatoms. The third-order valence-corrected chi connectivity index (χ3v) is 4.94. The highest BCUT2D eigenvalue weighted by atomic mass is 16.2. The van der Waals surface area contributed by atoms with E-state index in [-0.39, 0.29) is 11.9 Å². The number of fused-ring (bicyclic) bond motifs is 1. The second kappa shape index (κ2) is 7.63. The Morgan fingerprint density at radius 2 is 1.88 bits per heavy atom. The van der Waals surface area contributed by atoms with Crippen molar-refractivity contribution in [2.75, 3.05) is 13.6 Å². The molecule has 0 heterocycles. The van der Waals surface area contributed by atoms with Crippen LogP contribution in [-0.4, -0.2) is 24.4 Å². The molecule has 24 heavy (non-hydrogen) atoms. The first kappa shape index (κ1) is 16.7. The first-order valence-electron chi connectivity index (χ1n) is 8.77. The van der Waals surface area contributed by atoms with Crippen LogP contribution in [0.2, 0.25) is 0 Å². The second-order valence-electron chi connectivity index (χ2n) is 6.72. The van der Waals surface area contributed by atoms with Crippen LogP contribution >= 0.6 is 0 Å². The lowest BCUT2D eigenvalue weighted by Gasteiger charge is -2.33. The van der Waals surface area contributed by atoms with Gasteiger partial charge in [0.15, 0.2) is 0 Å². The summed E-state index contributed by atoms with van der Waals surface area (Å²) in [4.78, 5) is 14.6. The van der Waals surface area contributed by atoms with E-state index >= 15 is 0 Å². The Kier molecular flexibility index (Phi) is 5.31. The number of nitrogens with zero attached hydrogens (tertiary/aromatic N) is 1. The van der Waals surface area contributed by atoms with E-state index in [1.165, 1.54) is 17.5 Å². The fraction of sp³-hybridized carbons (Fsp3) is 0.381. The summed E-state index contributed by atoms with van der Waals surface area (Å²) in [7, 11) is 2.06. The number of carbonyl (C=O) groups excluding carboxylic acids is 1. The normalized spacial score (nSPS) is 18.0. The number of amides is 1. The summed E-state index contributed by atoms with van der Waals surface area (Å²) in [5.74, 6) is 0.0805. The largest absolute Gasteiger partial charge is 0.348 e. The Bertz CT molecular complexity index is 683. The van der Waals surface area contributed by atoms with Crippen molar-refractivity contribution in [3.8, 4) is 0 Å². The highest BCUT2D eigenvalue weighted by Crippen LogP contribution is 2.33. The molecule has 2 atom stereocenters. The van der Waals surface area contributed by atoms with E-state index < -0.39 is 0 Å². The molecule has 1 N–H and O–H groups in total. The smallest absolute Gasteiger partial charge is 0.234 e. The highest BCUT2D eigenvalue weighted by molar-refractivity contribution is 5.78. The molecule has 0 saturated carbocycles. The van der Waals surface area contributed by atoms with Crippen molar-refractivity contribution in [1.29, 1.82) is 0 Å². The summed E-state index contributed by atoms with van der Waals surface area (Å²) in [5.41, 5.74) is 3.95. The monoisotopic (exact) mass is 322 g/mol. The lowest BCUT2D eigenvalue weighted by molar-refractivity contribution is -0.123. The van der Waals surface area contributed by atoms with Crippen LogP contribution in [0.1, 0.15) is 48.5 Å². The Balaban J connectivity index is 1.61. The molecule has 0 aromatic heterocycles. The molecule has 0 aliphatic heterocycles. The lowest BCUT2D eigenvalue weighted by Crippen LogP contribution is -2.39. The molecular formula is C21H26N2O. The predicted molar refractivity (Wildman–Crippen MR) is 97.8 cm³/mol. The van der Waals surface area contributed by atoms with E-state index in [1.54, 1.807) is 0 Å². The van der Waals surface area contributed by atoms with E-state index in [1.807, 2.05) is 37.3 Å². The van der Waals surface area contributed by atoms with Crippen LogP contribution in [0.5, 0.6) is 0 Å². The zero-order valence-corrected chi connectivity index (χ0v) is 14.5. The molecule has 1 aliphatic carbocycles. The first-order chi connectivity index (χ1) is 11.6. The summed E-state index contributed by atoms with van der Waals surface area (Å²) >= 11 is 0. The minimum atomic E-state index is 0.0331. The highest BCUT2D eigenvalue weighted by Gasteiger charge is 2.24. The zero-order chi connectivity index (χ0) is 16.9. The van der Waals surface area contributed by atoms with Gasteiger partial charge in [0.25, 0.3) is 0 Å². The van der Waals surface area contributed by atoms with Gasteiger partial charge in [-0.15, -0.1) is 0 Å². The van der Waals surface area contributed by atoms with E-state index in [2.05, 4.69) is 41.5 Å². The summed E-state index contributed by atoms with van der Waals surface area (Å²) < 4.78 is 0. The van der Waals surface area contributed by atoms with Crippen molar-refractivity contribution in [3.63, 3.8) is 0 Å². The van der Waals surface area contributed by atoms with Crippen LogP contribution in [0.3, 0.4) is 0 Å². The maximum atomic E-state index is 12.4. The molecule has 2 aromatic rings. The third kappa shape index (κ3) is 3.85. The van der Waals surface area contributed by atoms with Crippen molar-refractivity contribution < 1.29 is 4.79 Å². The molecule has 0 radical (unpaired) electrons. The molecule has 0 saturated heterocycles. The molecule has 0 spiro atoms. The number of nitrogens with one attached hydrogen (secondary N) is 1. The minimum Gasteiger partial charge on any atom is -0.348 e. The Labute approximate surface area is 144 Å². The summed E-state index contributed by atoms with van der Waals surface area (Å²) in [6, 6.07) is 19.1. The van der Waals surface area contributed by atoms with Gasteiger partial charge >= 0.3 is 0 Å². The Morgan fingerprint density at radius 3 is 2.67 bits per heavy atom. The molecular weight excluding hydrogens is 296 g/mol. The van der Waals surface area contributed by atoms with Gasteiger partial charge in [-0.3, -0.25) is 9.69 Å². The molecule has 2 aromatic carbocycles. The number of carbonyl (C=O) groups is 1. The summed E-state index contributed by atoms with van der Waals surface area (Å²) in [6.45, 7) is 2.46. The molecule has 0 bridgehead atoms. The molecule has 0 unspecified atom stereocenters. The van der Waals surface area contributed by atoms with Crippen LogP contribution in [0.25, 0.3) is 0 Å². The quantitative estimate of drug-likeness (QED) is 0.906.